The fraction of sp³-hybridized carbons (Fsp3) is 0.308. The monoisotopic (exact) mass is 313 g/mol. The standard InChI is InChI=1S/C13H15NO4S2/c15-20(16)9-6-11(10-20)14-13(19)18-8-7-17-12-4-2-1-3-5-12/h1-6H,7-10H2,(H,14,19). The molecule has 1 heterocycles. The number of sulfone groups is 1. The Morgan fingerprint density at radius 2 is 2.00 bits per heavy atom. The van der Waals surface area contributed by atoms with Gasteiger partial charge in [0, 0.05) is 5.70 Å². The molecule has 0 spiro atoms. The second-order valence-electron chi connectivity index (χ2n) is 4.21. The summed E-state index contributed by atoms with van der Waals surface area (Å²) in [5, 5.41) is 2.93. The average molecular weight is 313 g/mol. The molecule has 7 heteroatoms. The van der Waals surface area contributed by atoms with E-state index in [4.69, 9.17) is 21.7 Å². The summed E-state index contributed by atoms with van der Waals surface area (Å²) in [6, 6.07) is 9.38. The Labute approximate surface area is 123 Å². The number of thiocarbonyl (C=S) groups is 1. The zero-order valence-electron chi connectivity index (χ0n) is 10.7. The van der Waals surface area contributed by atoms with Crippen molar-refractivity contribution >= 4 is 27.2 Å². The predicted molar refractivity (Wildman–Crippen MR) is 80.4 cm³/mol. The van der Waals surface area contributed by atoms with Gasteiger partial charge in [-0.05, 0) is 30.4 Å². The Hall–Kier alpha value is -1.60. The molecule has 0 saturated carbocycles. The maximum Gasteiger partial charge on any atom is 0.261 e. The van der Waals surface area contributed by atoms with Crippen molar-refractivity contribution < 1.29 is 17.9 Å². The average Bonchev–Trinajstić information content (AvgIpc) is 2.75. The van der Waals surface area contributed by atoms with Crippen LogP contribution in [0.1, 0.15) is 0 Å². The minimum absolute atomic E-state index is 0.0168. The third-order valence-corrected chi connectivity index (χ3v) is 4.20. The first-order valence-corrected chi connectivity index (χ1v) is 8.29. The summed E-state index contributed by atoms with van der Waals surface area (Å²) in [7, 11) is -3.00. The molecule has 0 radical (unpaired) electrons. The first-order valence-electron chi connectivity index (χ1n) is 6.06. The van der Waals surface area contributed by atoms with E-state index in [9.17, 15) is 8.42 Å². The molecule has 0 amide bonds. The smallest absolute Gasteiger partial charge is 0.261 e. The van der Waals surface area contributed by atoms with Gasteiger partial charge in [0.25, 0.3) is 5.17 Å². The van der Waals surface area contributed by atoms with E-state index < -0.39 is 9.84 Å². The van der Waals surface area contributed by atoms with Gasteiger partial charge >= 0.3 is 0 Å². The van der Waals surface area contributed by atoms with Crippen LogP contribution in [0.2, 0.25) is 0 Å². The van der Waals surface area contributed by atoms with Crippen LogP contribution in [0.25, 0.3) is 0 Å². The molecular weight excluding hydrogens is 298 g/mol. The molecule has 0 aliphatic carbocycles. The Morgan fingerprint density at radius 1 is 1.25 bits per heavy atom. The maximum absolute atomic E-state index is 11.2. The highest BCUT2D eigenvalue weighted by atomic mass is 32.2. The lowest BCUT2D eigenvalue weighted by molar-refractivity contribution is 0.208. The van der Waals surface area contributed by atoms with Crippen molar-refractivity contribution in [1.29, 1.82) is 0 Å². The van der Waals surface area contributed by atoms with Gasteiger partial charge in [0.1, 0.15) is 19.0 Å². The van der Waals surface area contributed by atoms with Gasteiger partial charge in [-0.1, -0.05) is 18.2 Å². The van der Waals surface area contributed by atoms with Crippen molar-refractivity contribution in [2.75, 3.05) is 24.7 Å². The minimum atomic E-state index is -3.00. The molecule has 1 aliphatic rings. The number of hydrogen-bond acceptors (Lipinski definition) is 5. The number of ether oxygens (including phenoxy) is 2. The van der Waals surface area contributed by atoms with Crippen molar-refractivity contribution in [3.8, 4) is 5.75 Å². The first-order chi connectivity index (χ1) is 9.55. The second kappa shape index (κ2) is 6.71. The van der Waals surface area contributed by atoms with E-state index in [1.54, 1.807) is 6.08 Å². The summed E-state index contributed by atoms with van der Waals surface area (Å²) in [6.07, 6.45) is 1.60. The quantitative estimate of drug-likeness (QED) is 0.652. The van der Waals surface area contributed by atoms with Crippen molar-refractivity contribution in [3.63, 3.8) is 0 Å². The molecule has 108 valence electrons. The van der Waals surface area contributed by atoms with E-state index in [0.717, 1.165) is 5.75 Å². The number of benzene rings is 1. The summed E-state index contributed by atoms with van der Waals surface area (Å²) in [4.78, 5) is 0. The third-order valence-electron chi connectivity index (χ3n) is 2.55. The van der Waals surface area contributed by atoms with E-state index in [-0.39, 0.29) is 16.7 Å². The van der Waals surface area contributed by atoms with Crippen LogP contribution in [0, 0.1) is 0 Å². The Morgan fingerprint density at radius 3 is 2.65 bits per heavy atom. The zero-order chi connectivity index (χ0) is 14.4. The van der Waals surface area contributed by atoms with Crippen molar-refractivity contribution in [2.24, 2.45) is 0 Å². The molecule has 0 bridgehead atoms. The zero-order valence-corrected chi connectivity index (χ0v) is 12.4. The summed E-state index contributed by atoms with van der Waals surface area (Å²) in [5.74, 6) is 0.797. The van der Waals surface area contributed by atoms with Gasteiger partial charge in [0.05, 0.1) is 11.5 Å². The molecule has 0 aromatic heterocycles. The van der Waals surface area contributed by atoms with Crippen LogP contribution in [0.3, 0.4) is 0 Å². The summed E-state index contributed by atoms with van der Waals surface area (Å²) in [5.41, 5.74) is 0.568. The van der Waals surface area contributed by atoms with Crippen molar-refractivity contribution in [1.82, 2.24) is 5.32 Å². The van der Waals surface area contributed by atoms with E-state index in [1.165, 1.54) is 0 Å². The van der Waals surface area contributed by atoms with Crippen LogP contribution in [0.4, 0.5) is 0 Å². The molecule has 0 atom stereocenters. The van der Waals surface area contributed by atoms with E-state index in [2.05, 4.69) is 5.32 Å². The van der Waals surface area contributed by atoms with Gasteiger partial charge in [-0.2, -0.15) is 0 Å². The molecule has 20 heavy (non-hydrogen) atoms. The SMILES string of the molecule is O=S1(=O)CC=C(NC(=S)OCCOc2ccccc2)C1. The molecule has 0 unspecified atom stereocenters. The summed E-state index contributed by atoms with van der Waals surface area (Å²) < 4.78 is 33.2. The van der Waals surface area contributed by atoms with Crippen LogP contribution in [-0.4, -0.2) is 38.3 Å². The van der Waals surface area contributed by atoms with Gasteiger partial charge in [-0.25, -0.2) is 8.42 Å². The highest BCUT2D eigenvalue weighted by Crippen LogP contribution is 2.09. The summed E-state index contributed by atoms with van der Waals surface area (Å²) >= 11 is 4.97. The Bertz CT molecular complexity index is 596. The van der Waals surface area contributed by atoms with Crippen LogP contribution >= 0.6 is 12.2 Å². The van der Waals surface area contributed by atoms with Crippen LogP contribution in [0.5, 0.6) is 5.75 Å². The predicted octanol–water partition coefficient (Wildman–Crippen LogP) is 1.27. The van der Waals surface area contributed by atoms with E-state index >= 15 is 0 Å². The largest absolute Gasteiger partial charge is 0.490 e. The van der Waals surface area contributed by atoms with Crippen LogP contribution in [-0.2, 0) is 14.6 Å². The van der Waals surface area contributed by atoms with Crippen LogP contribution < -0.4 is 10.1 Å². The number of nitrogens with one attached hydrogen (secondary N) is 1. The topological polar surface area (TPSA) is 64.6 Å². The molecule has 1 aromatic rings. The van der Waals surface area contributed by atoms with E-state index in [0.29, 0.717) is 18.9 Å². The second-order valence-corrected chi connectivity index (χ2v) is 6.69. The van der Waals surface area contributed by atoms with Gasteiger partial charge in [0.15, 0.2) is 9.84 Å². The number of para-hydroxylation sites is 1. The van der Waals surface area contributed by atoms with Gasteiger partial charge < -0.3 is 14.8 Å². The summed E-state index contributed by atoms with van der Waals surface area (Å²) in [6.45, 7) is 0.657. The van der Waals surface area contributed by atoms with E-state index in [1.807, 2.05) is 30.3 Å². The lowest BCUT2D eigenvalue weighted by Gasteiger charge is -2.10. The molecule has 5 nitrogen and oxygen atoms in total. The van der Waals surface area contributed by atoms with Crippen molar-refractivity contribution in [3.05, 3.63) is 42.1 Å². The fourth-order valence-corrected chi connectivity index (χ4v) is 3.10. The van der Waals surface area contributed by atoms with Gasteiger partial charge in [0.2, 0.25) is 0 Å². The lowest BCUT2D eigenvalue weighted by Crippen LogP contribution is -2.26. The van der Waals surface area contributed by atoms with Gasteiger partial charge in [-0.3, -0.25) is 0 Å². The molecule has 1 aromatic carbocycles. The van der Waals surface area contributed by atoms with Crippen molar-refractivity contribution in [2.45, 2.75) is 0 Å². The molecule has 0 fully saturated rings. The molecule has 1 N–H and O–H groups in total. The highest BCUT2D eigenvalue weighted by Gasteiger charge is 2.20. The minimum Gasteiger partial charge on any atom is -0.490 e. The fourth-order valence-electron chi connectivity index (χ4n) is 1.65. The molecule has 2 rings (SSSR count). The van der Waals surface area contributed by atoms with Crippen LogP contribution in [0.15, 0.2) is 42.1 Å². The molecular formula is C13H15NO4S2. The maximum atomic E-state index is 11.2. The lowest BCUT2D eigenvalue weighted by atomic mass is 10.3. The molecule has 1 aliphatic heterocycles. The number of hydrogen-bond donors (Lipinski definition) is 1. The normalized spacial score (nSPS) is 16.3. The molecule has 0 saturated heterocycles. The Balaban J connectivity index is 1.64. The number of rotatable bonds is 5. The third kappa shape index (κ3) is 4.82. The highest BCUT2D eigenvalue weighted by molar-refractivity contribution is 7.92. The Kier molecular flexibility index (Phi) is 4.97. The van der Waals surface area contributed by atoms with Gasteiger partial charge in [-0.15, -0.1) is 0 Å². The first kappa shape index (κ1) is 14.8.